The van der Waals surface area contributed by atoms with Gasteiger partial charge in [-0.15, -0.1) is 0 Å². The number of aromatic nitrogens is 2. The van der Waals surface area contributed by atoms with Gasteiger partial charge in [0.2, 0.25) is 0 Å². The predicted octanol–water partition coefficient (Wildman–Crippen LogP) is 4.49. The van der Waals surface area contributed by atoms with Crippen LogP contribution in [0.25, 0.3) is 32.7 Å². The molecule has 4 aromatic rings. The predicted molar refractivity (Wildman–Crippen MR) is 80.6 cm³/mol. The zero-order valence-electron chi connectivity index (χ0n) is 11.0. The van der Waals surface area contributed by atoms with Crippen LogP contribution in [0.3, 0.4) is 0 Å². The summed E-state index contributed by atoms with van der Waals surface area (Å²) in [6.45, 7) is 4.28. The zero-order valence-corrected chi connectivity index (χ0v) is 11.0. The third-order valence-electron chi connectivity index (χ3n) is 3.96. The highest BCUT2D eigenvalue weighted by Gasteiger charge is 2.09. The average Bonchev–Trinajstić information content (AvgIpc) is 2.79. The Bertz CT molecular complexity index is 932. The molecule has 0 saturated carbocycles. The molecule has 2 heteroatoms. The molecular formula is C17H14N2. The highest BCUT2D eigenvalue weighted by Crippen LogP contribution is 2.30. The highest BCUT2D eigenvalue weighted by molar-refractivity contribution is 6.15. The van der Waals surface area contributed by atoms with Crippen molar-refractivity contribution < 1.29 is 0 Å². The van der Waals surface area contributed by atoms with Gasteiger partial charge in [0, 0.05) is 27.9 Å². The lowest BCUT2D eigenvalue weighted by molar-refractivity contribution is 1.34. The first kappa shape index (κ1) is 10.6. The van der Waals surface area contributed by atoms with Gasteiger partial charge >= 0.3 is 0 Å². The standard InChI is InChI=1S/C17H14N2/c1-10-7-13-16(8-11(10)2)18-9-14-12-5-3-4-6-15(12)19-17(13)14/h3-9,19H,1-2H3. The smallest absolute Gasteiger partial charge is 0.0726 e. The molecule has 4 rings (SSSR count). The number of para-hydroxylation sites is 1. The summed E-state index contributed by atoms with van der Waals surface area (Å²) in [7, 11) is 0. The van der Waals surface area contributed by atoms with Gasteiger partial charge in [0.15, 0.2) is 0 Å². The quantitative estimate of drug-likeness (QED) is 0.486. The molecule has 19 heavy (non-hydrogen) atoms. The van der Waals surface area contributed by atoms with Gasteiger partial charge in [-0.3, -0.25) is 4.98 Å². The van der Waals surface area contributed by atoms with Crippen molar-refractivity contribution in [1.82, 2.24) is 9.97 Å². The zero-order chi connectivity index (χ0) is 13.0. The van der Waals surface area contributed by atoms with Gasteiger partial charge in [-0.05, 0) is 43.2 Å². The van der Waals surface area contributed by atoms with Crippen LogP contribution in [0.5, 0.6) is 0 Å². The first-order valence-corrected chi connectivity index (χ1v) is 6.50. The number of aryl methyl sites for hydroxylation is 2. The molecule has 0 radical (unpaired) electrons. The Labute approximate surface area is 111 Å². The Balaban J connectivity index is 2.27. The first-order valence-electron chi connectivity index (χ1n) is 6.50. The van der Waals surface area contributed by atoms with Gasteiger partial charge in [0.05, 0.1) is 11.0 Å². The van der Waals surface area contributed by atoms with Gasteiger partial charge in [-0.25, -0.2) is 0 Å². The van der Waals surface area contributed by atoms with E-state index in [1.807, 2.05) is 6.20 Å². The van der Waals surface area contributed by atoms with E-state index in [1.54, 1.807) is 0 Å². The molecule has 0 aliphatic carbocycles. The summed E-state index contributed by atoms with van der Waals surface area (Å²) < 4.78 is 0. The molecule has 0 spiro atoms. The van der Waals surface area contributed by atoms with Crippen molar-refractivity contribution in [3.05, 3.63) is 53.7 Å². The molecule has 2 aromatic heterocycles. The molecule has 0 amide bonds. The highest BCUT2D eigenvalue weighted by atomic mass is 14.7. The summed E-state index contributed by atoms with van der Waals surface area (Å²) in [4.78, 5) is 8.14. The molecule has 2 aromatic carbocycles. The molecule has 0 saturated heterocycles. The lowest BCUT2D eigenvalue weighted by Crippen LogP contribution is -1.86. The Morgan fingerprint density at radius 3 is 2.58 bits per heavy atom. The fraction of sp³-hybridized carbons (Fsp3) is 0.118. The minimum Gasteiger partial charge on any atom is -0.354 e. The number of aromatic amines is 1. The molecule has 92 valence electrons. The average molecular weight is 246 g/mol. The van der Waals surface area contributed by atoms with Crippen LogP contribution in [0.4, 0.5) is 0 Å². The van der Waals surface area contributed by atoms with Gasteiger partial charge < -0.3 is 4.98 Å². The second kappa shape index (κ2) is 3.58. The van der Waals surface area contributed by atoms with E-state index in [1.165, 1.54) is 38.3 Å². The molecule has 0 aliphatic rings. The summed E-state index contributed by atoms with van der Waals surface area (Å²) in [6.07, 6.45) is 1.98. The van der Waals surface area contributed by atoms with Crippen molar-refractivity contribution in [1.29, 1.82) is 0 Å². The van der Waals surface area contributed by atoms with Crippen molar-refractivity contribution >= 4 is 32.7 Å². The number of nitrogens with zero attached hydrogens (tertiary/aromatic N) is 1. The Kier molecular flexibility index (Phi) is 1.99. The number of nitrogens with one attached hydrogen (secondary N) is 1. The van der Waals surface area contributed by atoms with Crippen LogP contribution >= 0.6 is 0 Å². The molecule has 1 N–H and O–H groups in total. The van der Waals surface area contributed by atoms with Crippen LogP contribution in [-0.4, -0.2) is 9.97 Å². The van der Waals surface area contributed by atoms with Gasteiger partial charge in [-0.1, -0.05) is 18.2 Å². The van der Waals surface area contributed by atoms with Crippen LogP contribution in [0.1, 0.15) is 11.1 Å². The first-order chi connectivity index (χ1) is 9.24. The van der Waals surface area contributed by atoms with Crippen molar-refractivity contribution in [3.8, 4) is 0 Å². The second-order valence-electron chi connectivity index (χ2n) is 5.17. The van der Waals surface area contributed by atoms with Crippen LogP contribution in [0, 0.1) is 13.8 Å². The fourth-order valence-electron chi connectivity index (χ4n) is 2.75. The molecule has 0 aliphatic heterocycles. The van der Waals surface area contributed by atoms with E-state index in [0.717, 1.165) is 5.52 Å². The van der Waals surface area contributed by atoms with E-state index < -0.39 is 0 Å². The van der Waals surface area contributed by atoms with Crippen molar-refractivity contribution in [3.63, 3.8) is 0 Å². The summed E-state index contributed by atoms with van der Waals surface area (Å²) in [5, 5.41) is 3.65. The van der Waals surface area contributed by atoms with Crippen molar-refractivity contribution in [2.24, 2.45) is 0 Å². The summed E-state index contributed by atoms with van der Waals surface area (Å²) in [5.74, 6) is 0. The SMILES string of the molecule is Cc1cc2ncc3c4ccccc4[nH]c3c2cc1C. The molecular weight excluding hydrogens is 232 g/mol. The summed E-state index contributed by atoms with van der Waals surface area (Å²) in [5.41, 5.74) is 6.01. The third kappa shape index (κ3) is 1.40. The molecule has 2 heterocycles. The summed E-state index contributed by atoms with van der Waals surface area (Å²) >= 11 is 0. The maximum atomic E-state index is 4.61. The Hall–Kier alpha value is -2.35. The number of rotatable bonds is 0. The number of benzene rings is 2. The number of fused-ring (bicyclic) bond motifs is 5. The van der Waals surface area contributed by atoms with E-state index >= 15 is 0 Å². The van der Waals surface area contributed by atoms with Crippen LogP contribution in [0.2, 0.25) is 0 Å². The van der Waals surface area contributed by atoms with E-state index in [0.29, 0.717) is 0 Å². The topological polar surface area (TPSA) is 28.7 Å². The number of H-pyrrole nitrogens is 1. The van der Waals surface area contributed by atoms with E-state index in [2.05, 4.69) is 60.2 Å². The number of pyridine rings is 1. The Morgan fingerprint density at radius 2 is 1.68 bits per heavy atom. The van der Waals surface area contributed by atoms with E-state index in [-0.39, 0.29) is 0 Å². The van der Waals surface area contributed by atoms with Gasteiger partial charge in [0.25, 0.3) is 0 Å². The Morgan fingerprint density at radius 1 is 0.895 bits per heavy atom. The van der Waals surface area contributed by atoms with Gasteiger partial charge in [0.1, 0.15) is 0 Å². The normalized spacial score (nSPS) is 11.7. The van der Waals surface area contributed by atoms with Crippen LogP contribution in [0.15, 0.2) is 42.6 Å². The number of hydrogen-bond donors (Lipinski definition) is 1. The number of hydrogen-bond acceptors (Lipinski definition) is 1. The molecule has 0 fully saturated rings. The monoisotopic (exact) mass is 246 g/mol. The fourth-order valence-corrected chi connectivity index (χ4v) is 2.75. The van der Waals surface area contributed by atoms with Crippen LogP contribution in [-0.2, 0) is 0 Å². The molecule has 0 unspecified atom stereocenters. The second-order valence-corrected chi connectivity index (χ2v) is 5.17. The van der Waals surface area contributed by atoms with Crippen molar-refractivity contribution in [2.45, 2.75) is 13.8 Å². The molecule has 2 nitrogen and oxygen atoms in total. The summed E-state index contributed by atoms with van der Waals surface area (Å²) in [6, 6.07) is 12.8. The lowest BCUT2D eigenvalue weighted by atomic mass is 10.0. The van der Waals surface area contributed by atoms with Crippen molar-refractivity contribution in [2.75, 3.05) is 0 Å². The van der Waals surface area contributed by atoms with Gasteiger partial charge in [-0.2, -0.15) is 0 Å². The maximum Gasteiger partial charge on any atom is 0.0726 e. The largest absolute Gasteiger partial charge is 0.354 e. The third-order valence-corrected chi connectivity index (χ3v) is 3.96. The van der Waals surface area contributed by atoms with E-state index in [4.69, 9.17) is 0 Å². The maximum absolute atomic E-state index is 4.61. The minimum absolute atomic E-state index is 1.06. The molecule has 0 atom stereocenters. The lowest BCUT2D eigenvalue weighted by Gasteiger charge is -2.04. The van der Waals surface area contributed by atoms with E-state index in [9.17, 15) is 0 Å². The van der Waals surface area contributed by atoms with Crippen LogP contribution < -0.4 is 0 Å². The minimum atomic E-state index is 1.06. The molecule has 0 bridgehead atoms.